The van der Waals surface area contributed by atoms with Gasteiger partial charge in [0.1, 0.15) is 6.26 Å². The van der Waals surface area contributed by atoms with Crippen molar-refractivity contribution in [2.75, 3.05) is 0 Å². The summed E-state index contributed by atoms with van der Waals surface area (Å²) in [6.45, 7) is 2.08. The number of benzene rings is 1. The molecule has 2 rings (SSSR count). The summed E-state index contributed by atoms with van der Waals surface area (Å²) in [5, 5.41) is 2.06. The Morgan fingerprint density at radius 1 is 1.29 bits per heavy atom. The van der Waals surface area contributed by atoms with Crippen LogP contribution in [0.25, 0.3) is 3.58 Å². The third-order valence-corrected chi connectivity index (χ3v) is 4.84. The Hall–Kier alpha value is -0.460. The number of hydrogen-bond donors (Lipinski definition) is 0. The van der Waals surface area contributed by atoms with Crippen molar-refractivity contribution in [3.63, 3.8) is 0 Å². The van der Waals surface area contributed by atoms with Crippen molar-refractivity contribution in [3.05, 3.63) is 58.5 Å². The predicted octanol–water partition coefficient (Wildman–Crippen LogP) is 5.51. The minimum absolute atomic E-state index is 1.11. The molecule has 0 aliphatic heterocycles. The van der Waals surface area contributed by atoms with Crippen LogP contribution in [0.2, 0.25) is 0 Å². The summed E-state index contributed by atoms with van der Waals surface area (Å²) in [6.07, 6.45) is 1.79. The van der Waals surface area contributed by atoms with Crippen molar-refractivity contribution in [1.29, 1.82) is 0 Å². The van der Waals surface area contributed by atoms with E-state index in [0.29, 0.717) is 0 Å². The first kappa shape index (κ1) is 13.0. The van der Waals surface area contributed by atoms with Crippen LogP contribution in [0.3, 0.4) is 0 Å². The van der Waals surface area contributed by atoms with Gasteiger partial charge in [-0.1, -0.05) is 23.8 Å². The summed E-state index contributed by atoms with van der Waals surface area (Å²) in [5.41, 5.74) is 1.26. The molecule has 0 unspecified atom stereocenters. The highest BCUT2D eigenvalue weighted by atomic mass is 127. The van der Waals surface area contributed by atoms with Crippen LogP contribution in [0, 0.1) is 6.92 Å². The zero-order chi connectivity index (χ0) is 12.1. The normalized spacial score (nSPS) is 11.5. The minimum Gasteiger partial charge on any atom is -0.427 e. The topological polar surface area (TPSA) is 9.23 Å². The molecule has 2 aromatic rings. The maximum atomic E-state index is 5.50. The average Bonchev–Trinajstić information content (AvgIpc) is 2.85. The Bertz CT molecular complexity index is 489. The molecule has 0 N–H and O–H groups in total. The van der Waals surface area contributed by atoms with Gasteiger partial charge in [-0.2, -0.15) is 0 Å². The van der Waals surface area contributed by atoms with Gasteiger partial charge in [-0.05, 0) is 53.1 Å². The maximum Gasteiger partial charge on any atom is 0.116 e. The van der Waals surface area contributed by atoms with E-state index in [9.17, 15) is 0 Å². The summed E-state index contributed by atoms with van der Waals surface area (Å²) in [4.78, 5) is 2.34. The molecule has 1 aromatic heterocycles. The van der Waals surface area contributed by atoms with Crippen molar-refractivity contribution in [2.24, 2.45) is 0 Å². The molecule has 0 saturated carbocycles. The molecule has 4 heteroatoms. The highest BCUT2D eigenvalue weighted by molar-refractivity contribution is 14.1. The van der Waals surface area contributed by atoms with Crippen molar-refractivity contribution in [2.45, 2.75) is 11.8 Å². The van der Waals surface area contributed by atoms with Gasteiger partial charge in [0.25, 0.3) is 0 Å². The standard InChI is InChI=1S/C13H11IOS2/c1-10-4-6-11(7-5-10)17-15-9-12(14)13-3-2-8-16-13/h2-9H,1H3/b12-9+. The number of aryl methyl sites for hydroxylation is 1. The van der Waals surface area contributed by atoms with Crippen molar-refractivity contribution >= 4 is 49.6 Å². The predicted molar refractivity (Wildman–Crippen MR) is 84.4 cm³/mol. The van der Waals surface area contributed by atoms with E-state index in [1.807, 2.05) is 6.07 Å². The van der Waals surface area contributed by atoms with Crippen LogP contribution in [0.1, 0.15) is 10.4 Å². The molecule has 0 bridgehead atoms. The van der Waals surface area contributed by atoms with E-state index >= 15 is 0 Å². The Labute approximate surface area is 123 Å². The van der Waals surface area contributed by atoms with Gasteiger partial charge in [0, 0.05) is 9.77 Å². The van der Waals surface area contributed by atoms with Gasteiger partial charge in [0.15, 0.2) is 0 Å². The second-order valence-electron chi connectivity index (χ2n) is 3.44. The largest absolute Gasteiger partial charge is 0.427 e. The zero-order valence-corrected chi connectivity index (χ0v) is 13.0. The van der Waals surface area contributed by atoms with Crippen molar-refractivity contribution in [3.8, 4) is 0 Å². The van der Waals surface area contributed by atoms with E-state index in [0.717, 1.165) is 8.48 Å². The summed E-state index contributed by atoms with van der Waals surface area (Å²) < 4.78 is 6.62. The Balaban J connectivity index is 1.91. The van der Waals surface area contributed by atoms with Gasteiger partial charge in [-0.3, -0.25) is 0 Å². The Kier molecular flexibility index (Phi) is 4.94. The fourth-order valence-electron chi connectivity index (χ4n) is 1.19. The summed E-state index contributed by atoms with van der Waals surface area (Å²) >= 11 is 5.38. The molecule has 0 fully saturated rings. The second-order valence-corrected chi connectivity index (χ2v) is 6.38. The van der Waals surface area contributed by atoms with Crippen LogP contribution < -0.4 is 0 Å². The molecule has 1 nitrogen and oxygen atoms in total. The maximum absolute atomic E-state index is 5.50. The lowest BCUT2D eigenvalue weighted by atomic mass is 10.2. The van der Waals surface area contributed by atoms with Gasteiger partial charge in [0.2, 0.25) is 0 Å². The summed E-state index contributed by atoms with van der Waals surface area (Å²) in [7, 11) is 0. The number of thiophene rings is 1. The molecule has 0 spiro atoms. The Morgan fingerprint density at radius 3 is 2.71 bits per heavy atom. The van der Waals surface area contributed by atoms with Gasteiger partial charge in [-0.25, -0.2) is 0 Å². The number of halogens is 1. The highest BCUT2D eigenvalue weighted by Gasteiger charge is 1.99. The highest BCUT2D eigenvalue weighted by Crippen LogP contribution is 2.28. The van der Waals surface area contributed by atoms with Gasteiger partial charge >= 0.3 is 0 Å². The van der Waals surface area contributed by atoms with Crippen LogP contribution in [0.4, 0.5) is 0 Å². The first-order chi connectivity index (χ1) is 8.25. The molecular formula is C13H11IOS2. The molecule has 0 atom stereocenters. The average molecular weight is 374 g/mol. The molecule has 17 heavy (non-hydrogen) atoms. The Morgan fingerprint density at radius 2 is 2.06 bits per heavy atom. The van der Waals surface area contributed by atoms with E-state index in [1.165, 1.54) is 22.5 Å². The molecule has 0 saturated heterocycles. The van der Waals surface area contributed by atoms with Crippen LogP contribution in [-0.2, 0) is 4.18 Å². The first-order valence-corrected chi connectivity index (χ1v) is 7.75. The monoisotopic (exact) mass is 374 g/mol. The molecule has 1 heterocycles. The smallest absolute Gasteiger partial charge is 0.116 e. The zero-order valence-electron chi connectivity index (χ0n) is 9.22. The lowest BCUT2D eigenvalue weighted by Gasteiger charge is -2.00. The van der Waals surface area contributed by atoms with E-state index in [-0.39, 0.29) is 0 Å². The lowest BCUT2D eigenvalue weighted by Crippen LogP contribution is -1.75. The van der Waals surface area contributed by atoms with Crippen molar-refractivity contribution < 1.29 is 4.18 Å². The fourth-order valence-corrected chi connectivity index (χ4v) is 3.17. The van der Waals surface area contributed by atoms with Gasteiger partial charge in [-0.15, -0.1) is 11.3 Å². The van der Waals surface area contributed by atoms with Gasteiger partial charge in [0.05, 0.1) is 15.6 Å². The van der Waals surface area contributed by atoms with Crippen LogP contribution >= 0.6 is 46.0 Å². The third-order valence-electron chi connectivity index (χ3n) is 2.07. The second kappa shape index (κ2) is 6.47. The molecule has 0 radical (unpaired) electrons. The SMILES string of the molecule is Cc1ccc(SO/C=C(/I)c2cccs2)cc1. The molecule has 0 aliphatic carbocycles. The van der Waals surface area contributed by atoms with Gasteiger partial charge < -0.3 is 4.18 Å². The van der Waals surface area contributed by atoms with Crippen LogP contribution in [0.15, 0.2) is 52.9 Å². The van der Waals surface area contributed by atoms with E-state index in [1.54, 1.807) is 17.6 Å². The minimum atomic E-state index is 1.11. The molecular weight excluding hydrogens is 363 g/mol. The fraction of sp³-hybridized carbons (Fsp3) is 0.0769. The number of hydrogen-bond acceptors (Lipinski definition) is 3. The third kappa shape index (κ3) is 4.04. The summed E-state index contributed by atoms with van der Waals surface area (Å²) in [5.74, 6) is 0. The molecule has 88 valence electrons. The van der Waals surface area contributed by atoms with Crippen molar-refractivity contribution in [1.82, 2.24) is 0 Å². The summed E-state index contributed by atoms with van der Waals surface area (Å²) in [6, 6.07) is 12.4. The lowest BCUT2D eigenvalue weighted by molar-refractivity contribution is 0.570. The van der Waals surface area contributed by atoms with Crippen LogP contribution in [0.5, 0.6) is 0 Å². The van der Waals surface area contributed by atoms with Crippen LogP contribution in [-0.4, -0.2) is 0 Å². The first-order valence-electron chi connectivity index (χ1n) is 5.05. The number of rotatable bonds is 4. The molecule has 0 amide bonds. The quantitative estimate of drug-likeness (QED) is 0.396. The molecule has 1 aromatic carbocycles. The molecule has 0 aliphatic rings. The van der Waals surface area contributed by atoms with E-state index < -0.39 is 0 Å². The van der Waals surface area contributed by atoms with E-state index in [4.69, 9.17) is 4.18 Å². The van der Waals surface area contributed by atoms with E-state index in [2.05, 4.69) is 65.2 Å².